The van der Waals surface area contributed by atoms with E-state index in [0.29, 0.717) is 26.4 Å². The predicted octanol–water partition coefficient (Wildman–Crippen LogP) is 4.74. The number of rotatable bonds is 6. The van der Waals surface area contributed by atoms with E-state index in [0.717, 1.165) is 33.3 Å². The third kappa shape index (κ3) is 4.50. The summed E-state index contributed by atoms with van der Waals surface area (Å²) in [6.45, 7) is 4.02. The lowest BCUT2D eigenvalue weighted by molar-refractivity contribution is -0.138. The molecule has 0 amide bonds. The van der Waals surface area contributed by atoms with Gasteiger partial charge < -0.3 is 14.0 Å². The molecule has 6 rings (SSSR count). The molecular weight excluding hydrogens is 534 g/mol. The zero-order valence-electron chi connectivity index (χ0n) is 23.3. The molecule has 8 heteroatoms. The van der Waals surface area contributed by atoms with Crippen LogP contribution in [0.1, 0.15) is 35.3 Å². The number of nitrogens with zero attached hydrogens (tertiary/aromatic N) is 3. The molecule has 2 aromatic heterocycles. The van der Waals surface area contributed by atoms with Crippen LogP contribution in [-0.2, 0) is 16.6 Å². The van der Waals surface area contributed by atoms with Crippen LogP contribution >= 0.6 is 11.3 Å². The molecule has 0 saturated carbocycles. The van der Waals surface area contributed by atoms with Crippen molar-refractivity contribution in [3.8, 4) is 5.75 Å². The fourth-order valence-electron chi connectivity index (χ4n) is 5.41. The van der Waals surface area contributed by atoms with E-state index < -0.39 is 12.0 Å². The number of aryl methyl sites for hydroxylation is 1. The first-order valence-electron chi connectivity index (χ1n) is 13.4. The van der Waals surface area contributed by atoms with Gasteiger partial charge in [0.25, 0.3) is 5.56 Å². The largest absolute Gasteiger partial charge is 0.497 e. The van der Waals surface area contributed by atoms with E-state index in [1.165, 1.54) is 11.3 Å². The molecule has 0 aliphatic carbocycles. The SMILES string of the molecule is CCOC(=O)C1=C(c2ccccc2)N=c2s/c(=C\c3c(C)n(C)c4ccccc34)c(=O)n2[C@H]1c1ccc(OC)cc1. The number of hydrogen-bond donors (Lipinski definition) is 0. The van der Waals surface area contributed by atoms with Crippen molar-refractivity contribution in [3.63, 3.8) is 0 Å². The number of benzene rings is 3. The third-order valence-corrected chi connectivity index (χ3v) is 8.51. The normalized spacial score (nSPS) is 15.1. The molecule has 0 unspecified atom stereocenters. The molecule has 0 saturated heterocycles. The molecule has 1 aliphatic heterocycles. The molecule has 206 valence electrons. The van der Waals surface area contributed by atoms with Crippen LogP contribution in [-0.4, -0.2) is 28.8 Å². The van der Waals surface area contributed by atoms with E-state index in [4.69, 9.17) is 14.5 Å². The van der Waals surface area contributed by atoms with Crippen molar-refractivity contribution in [2.24, 2.45) is 12.0 Å². The molecule has 3 heterocycles. The summed E-state index contributed by atoms with van der Waals surface area (Å²) in [7, 11) is 3.63. The molecule has 3 aromatic carbocycles. The lowest BCUT2D eigenvalue weighted by Gasteiger charge is -2.26. The summed E-state index contributed by atoms with van der Waals surface area (Å²) >= 11 is 1.32. The lowest BCUT2D eigenvalue weighted by atomic mass is 9.93. The molecule has 7 nitrogen and oxygen atoms in total. The average Bonchev–Trinajstić information content (AvgIpc) is 3.45. The van der Waals surface area contributed by atoms with Gasteiger partial charge in [0, 0.05) is 34.8 Å². The van der Waals surface area contributed by atoms with Crippen molar-refractivity contribution < 1.29 is 14.3 Å². The minimum atomic E-state index is -0.734. The van der Waals surface area contributed by atoms with E-state index in [2.05, 4.69) is 23.6 Å². The predicted molar refractivity (Wildman–Crippen MR) is 162 cm³/mol. The first-order valence-corrected chi connectivity index (χ1v) is 14.2. The first kappa shape index (κ1) is 26.5. The highest BCUT2D eigenvalue weighted by Gasteiger charge is 2.35. The molecule has 1 aliphatic rings. The Hall–Kier alpha value is -4.69. The number of carbonyl (C=O) groups excluding carboxylic acids is 1. The fraction of sp³-hybridized carbons (Fsp3) is 0.182. The van der Waals surface area contributed by atoms with Gasteiger partial charge in [-0.3, -0.25) is 9.36 Å². The second kappa shape index (κ2) is 10.7. The maximum atomic E-state index is 14.2. The fourth-order valence-corrected chi connectivity index (χ4v) is 6.39. The molecule has 0 radical (unpaired) electrons. The molecule has 0 bridgehead atoms. The van der Waals surface area contributed by atoms with Crippen LogP contribution < -0.4 is 19.6 Å². The number of aromatic nitrogens is 2. The molecule has 0 N–H and O–H groups in total. The highest BCUT2D eigenvalue weighted by atomic mass is 32.1. The number of ether oxygens (including phenoxy) is 2. The Kier molecular flexibility index (Phi) is 6.93. The smallest absolute Gasteiger partial charge is 0.338 e. The number of carbonyl (C=O) groups is 1. The molecule has 0 spiro atoms. The average molecular weight is 564 g/mol. The topological polar surface area (TPSA) is 74.8 Å². The number of para-hydroxylation sites is 1. The minimum Gasteiger partial charge on any atom is -0.497 e. The van der Waals surface area contributed by atoms with Crippen LogP contribution in [0.2, 0.25) is 0 Å². The van der Waals surface area contributed by atoms with Crippen LogP contribution in [0.3, 0.4) is 0 Å². The van der Waals surface area contributed by atoms with Crippen molar-refractivity contribution in [1.29, 1.82) is 0 Å². The van der Waals surface area contributed by atoms with Crippen molar-refractivity contribution in [1.82, 2.24) is 9.13 Å². The van der Waals surface area contributed by atoms with Gasteiger partial charge in [-0.05, 0) is 43.7 Å². The number of fused-ring (bicyclic) bond motifs is 2. The number of esters is 1. The van der Waals surface area contributed by atoms with Gasteiger partial charge in [0.05, 0.1) is 35.6 Å². The van der Waals surface area contributed by atoms with Crippen LogP contribution in [0.15, 0.2) is 94.2 Å². The Morgan fingerprint density at radius 3 is 2.44 bits per heavy atom. The van der Waals surface area contributed by atoms with Crippen LogP contribution in [0.4, 0.5) is 0 Å². The second-order valence-corrected chi connectivity index (χ2v) is 10.8. The van der Waals surface area contributed by atoms with Crippen LogP contribution in [0.5, 0.6) is 5.75 Å². The van der Waals surface area contributed by atoms with Gasteiger partial charge in [-0.25, -0.2) is 9.79 Å². The summed E-state index contributed by atoms with van der Waals surface area (Å²) in [5.74, 6) is 0.174. The first-order chi connectivity index (χ1) is 19.9. The third-order valence-electron chi connectivity index (χ3n) is 7.53. The number of hydrogen-bond acceptors (Lipinski definition) is 6. The van der Waals surface area contributed by atoms with E-state index >= 15 is 0 Å². The van der Waals surface area contributed by atoms with Gasteiger partial charge in [-0.2, -0.15) is 0 Å². The Balaban J connectivity index is 1.66. The van der Waals surface area contributed by atoms with Gasteiger partial charge in [-0.15, -0.1) is 0 Å². The number of methoxy groups -OCH3 is 1. The summed E-state index contributed by atoms with van der Waals surface area (Å²) in [5.41, 5.74) is 5.28. The van der Waals surface area contributed by atoms with Crippen molar-refractivity contribution >= 4 is 40.0 Å². The van der Waals surface area contributed by atoms with E-state index in [-0.39, 0.29) is 12.2 Å². The number of thiazole rings is 1. The van der Waals surface area contributed by atoms with E-state index in [9.17, 15) is 9.59 Å². The molecule has 1 atom stereocenters. The van der Waals surface area contributed by atoms with Gasteiger partial charge in [0.1, 0.15) is 5.75 Å². The van der Waals surface area contributed by atoms with Crippen molar-refractivity contribution in [2.75, 3.05) is 13.7 Å². The quantitative estimate of drug-likeness (QED) is 0.280. The molecular formula is C33H29N3O4S. The second-order valence-electron chi connectivity index (χ2n) is 9.78. The minimum absolute atomic E-state index is 0.199. The monoisotopic (exact) mass is 563 g/mol. The lowest BCUT2D eigenvalue weighted by Crippen LogP contribution is -2.40. The van der Waals surface area contributed by atoms with Crippen LogP contribution in [0, 0.1) is 6.92 Å². The van der Waals surface area contributed by atoms with Crippen molar-refractivity contribution in [2.45, 2.75) is 19.9 Å². The highest BCUT2D eigenvalue weighted by Crippen LogP contribution is 2.35. The van der Waals surface area contributed by atoms with Gasteiger partial charge in [0.15, 0.2) is 4.80 Å². The van der Waals surface area contributed by atoms with E-state index in [1.54, 1.807) is 18.6 Å². The Morgan fingerprint density at radius 2 is 1.73 bits per heavy atom. The standard InChI is InChI=1S/C33H29N3O4S/c1-5-40-32(38)28-29(21-11-7-6-8-12-21)34-33-36(30(28)22-15-17-23(39-4)18-16-22)31(37)27(41-33)19-25-20(2)35(3)26-14-10-9-13-24(25)26/h6-19,30H,5H2,1-4H3/b27-19-/t30-/m0/s1. The van der Waals surface area contributed by atoms with Gasteiger partial charge in [-0.1, -0.05) is 72.0 Å². The van der Waals surface area contributed by atoms with Gasteiger partial charge >= 0.3 is 5.97 Å². The van der Waals surface area contributed by atoms with E-state index in [1.807, 2.05) is 79.9 Å². The Bertz CT molecular complexity index is 2000. The Labute approximate surface area is 240 Å². The van der Waals surface area contributed by atoms with Crippen LogP contribution in [0.25, 0.3) is 22.7 Å². The maximum Gasteiger partial charge on any atom is 0.338 e. The molecule has 5 aromatic rings. The van der Waals surface area contributed by atoms with Gasteiger partial charge in [0.2, 0.25) is 0 Å². The zero-order valence-corrected chi connectivity index (χ0v) is 24.1. The Morgan fingerprint density at radius 1 is 1.02 bits per heavy atom. The zero-order chi connectivity index (χ0) is 28.7. The summed E-state index contributed by atoms with van der Waals surface area (Å²) < 4.78 is 15.2. The van der Waals surface area contributed by atoms with Crippen molar-refractivity contribution in [3.05, 3.63) is 127 Å². The molecule has 41 heavy (non-hydrogen) atoms. The summed E-state index contributed by atoms with van der Waals surface area (Å²) in [4.78, 5) is 33.3. The molecule has 0 fully saturated rings. The summed E-state index contributed by atoms with van der Waals surface area (Å²) in [5, 5.41) is 1.07. The maximum absolute atomic E-state index is 14.2. The highest BCUT2D eigenvalue weighted by molar-refractivity contribution is 7.07. The summed E-state index contributed by atoms with van der Waals surface area (Å²) in [6.07, 6.45) is 1.95. The summed E-state index contributed by atoms with van der Waals surface area (Å²) in [6, 6.07) is 24.4.